The molecule has 2 aromatic rings. The van der Waals surface area contributed by atoms with Gasteiger partial charge in [0.1, 0.15) is 5.75 Å². The van der Waals surface area contributed by atoms with E-state index >= 15 is 0 Å². The molecule has 2 rings (SSSR count). The molecule has 0 saturated carbocycles. The van der Waals surface area contributed by atoms with Crippen LogP contribution in [0, 0.1) is 6.92 Å². The molecule has 0 aromatic heterocycles. The maximum Gasteiger partial charge on any atom is 0.200 e. The van der Waals surface area contributed by atoms with Crippen LogP contribution < -0.4 is 4.74 Å². The van der Waals surface area contributed by atoms with Crippen molar-refractivity contribution in [2.75, 3.05) is 6.61 Å². The van der Waals surface area contributed by atoms with E-state index in [4.69, 9.17) is 16.3 Å². The summed E-state index contributed by atoms with van der Waals surface area (Å²) in [4.78, 5) is 12.0. The minimum atomic E-state index is -0.0697. The van der Waals surface area contributed by atoms with Gasteiger partial charge in [-0.1, -0.05) is 51.3 Å². The normalized spacial score (nSPS) is 10.3. The molecule has 0 aliphatic rings. The summed E-state index contributed by atoms with van der Waals surface area (Å²) in [5, 5.41) is 0.486. The second-order valence-corrected chi connectivity index (χ2v) is 5.48. The summed E-state index contributed by atoms with van der Waals surface area (Å²) >= 11 is 9.33. The van der Waals surface area contributed by atoms with Crippen molar-refractivity contribution in [1.29, 1.82) is 0 Å². The molecule has 4 heteroatoms. The topological polar surface area (TPSA) is 26.3 Å². The number of halogens is 2. The first-order chi connectivity index (χ1) is 9.06. The Morgan fingerprint density at radius 1 is 1.26 bits per heavy atom. The fourth-order valence-electron chi connectivity index (χ4n) is 1.63. The molecule has 0 bridgehead atoms. The number of hydrogen-bond donors (Lipinski definition) is 0. The molecule has 2 aromatic carbocycles. The van der Waals surface area contributed by atoms with Crippen LogP contribution in [0.5, 0.6) is 5.75 Å². The van der Waals surface area contributed by atoms with Crippen LogP contribution in [-0.4, -0.2) is 12.4 Å². The average Bonchev–Trinajstić information content (AvgIpc) is 2.39. The summed E-state index contributed by atoms with van der Waals surface area (Å²) in [5.41, 5.74) is 1.69. The van der Waals surface area contributed by atoms with Gasteiger partial charge in [0, 0.05) is 10.0 Å². The average molecular weight is 340 g/mol. The van der Waals surface area contributed by atoms with Crippen LogP contribution in [0.25, 0.3) is 0 Å². The van der Waals surface area contributed by atoms with Gasteiger partial charge in [0.05, 0.1) is 5.02 Å². The molecule has 0 spiro atoms. The van der Waals surface area contributed by atoms with Gasteiger partial charge in [-0.25, -0.2) is 0 Å². The van der Waals surface area contributed by atoms with Crippen molar-refractivity contribution in [1.82, 2.24) is 0 Å². The first kappa shape index (κ1) is 14.1. The number of ketones is 1. The van der Waals surface area contributed by atoms with Gasteiger partial charge in [-0.2, -0.15) is 0 Å². The highest BCUT2D eigenvalue weighted by molar-refractivity contribution is 9.10. The Hall–Kier alpha value is -1.32. The zero-order valence-corrected chi connectivity index (χ0v) is 12.7. The van der Waals surface area contributed by atoms with Crippen molar-refractivity contribution >= 4 is 33.3 Å². The van der Waals surface area contributed by atoms with E-state index in [-0.39, 0.29) is 12.4 Å². The third kappa shape index (κ3) is 3.82. The van der Waals surface area contributed by atoms with E-state index in [1.54, 1.807) is 18.2 Å². The SMILES string of the molecule is Cc1cccc(C(=O)COc2cc(Br)ccc2Cl)c1. The van der Waals surface area contributed by atoms with E-state index in [1.165, 1.54) is 0 Å². The Kier molecular flexibility index (Phi) is 4.61. The lowest BCUT2D eigenvalue weighted by atomic mass is 10.1. The minimum Gasteiger partial charge on any atom is -0.484 e. The summed E-state index contributed by atoms with van der Waals surface area (Å²) in [6, 6.07) is 12.7. The van der Waals surface area contributed by atoms with E-state index in [1.807, 2.05) is 31.2 Å². The zero-order valence-electron chi connectivity index (χ0n) is 10.3. The van der Waals surface area contributed by atoms with Crippen LogP contribution in [0.4, 0.5) is 0 Å². The molecule has 0 aliphatic heterocycles. The van der Waals surface area contributed by atoms with E-state index < -0.39 is 0 Å². The third-order valence-corrected chi connectivity index (χ3v) is 3.40. The van der Waals surface area contributed by atoms with Gasteiger partial charge >= 0.3 is 0 Å². The van der Waals surface area contributed by atoms with Crippen LogP contribution in [-0.2, 0) is 0 Å². The van der Waals surface area contributed by atoms with Gasteiger partial charge in [-0.3, -0.25) is 4.79 Å². The van der Waals surface area contributed by atoms with Crippen molar-refractivity contribution in [3.05, 3.63) is 63.1 Å². The third-order valence-electron chi connectivity index (χ3n) is 2.59. The van der Waals surface area contributed by atoms with Crippen LogP contribution in [0.1, 0.15) is 15.9 Å². The Balaban J connectivity index is 2.06. The number of hydrogen-bond acceptors (Lipinski definition) is 2. The Bertz CT molecular complexity index is 611. The number of rotatable bonds is 4. The lowest BCUT2D eigenvalue weighted by Gasteiger charge is -2.08. The quantitative estimate of drug-likeness (QED) is 0.757. The predicted molar refractivity (Wildman–Crippen MR) is 80.2 cm³/mol. The Labute approximate surface area is 125 Å². The fourth-order valence-corrected chi connectivity index (χ4v) is 2.15. The first-order valence-corrected chi connectivity index (χ1v) is 6.91. The summed E-state index contributed by atoms with van der Waals surface area (Å²) in [7, 11) is 0. The maximum atomic E-state index is 12.0. The molecular weight excluding hydrogens is 328 g/mol. The zero-order chi connectivity index (χ0) is 13.8. The highest BCUT2D eigenvalue weighted by Gasteiger charge is 2.09. The Morgan fingerprint density at radius 2 is 2.05 bits per heavy atom. The van der Waals surface area contributed by atoms with Crippen molar-refractivity contribution in [3.63, 3.8) is 0 Å². The lowest BCUT2D eigenvalue weighted by molar-refractivity contribution is 0.0921. The van der Waals surface area contributed by atoms with Crippen molar-refractivity contribution in [2.45, 2.75) is 6.92 Å². The number of carbonyl (C=O) groups excluding carboxylic acids is 1. The van der Waals surface area contributed by atoms with E-state index in [9.17, 15) is 4.79 Å². The van der Waals surface area contributed by atoms with Crippen LogP contribution in [0.2, 0.25) is 5.02 Å². The largest absolute Gasteiger partial charge is 0.484 e. The number of carbonyl (C=O) groups is 1. The molecule has 0 heterocycles. The van der Waals surface area contributed by atoms with Gasteiger partial charge in [-0.15, -0.1) is 0 Å². The standard InChI is InChI=1S/C15H12BrClO2/c1-10-3-2-4-11(7-10)14(18)9-19-15-8-12(16)5-6-13(15)17/h2-8H,9H2,1H3. The van der Waals surface area contributed by atoms with Gasteiger partial charge < -0.3 is 4.74 Å². The number of benzene rings is 2. The van der Waals surface area contributed by atoms with Gasteiger partial charge in [0.15, 0.2) is 12.4 Å². The molecule has 2 nitrogen and oxygen atoms in total. The molecule has 0 unspecified atom stereocenters. The van der Waals surface area contributed by atoms with Crippen LogP contribution in [0.15, 0.2) is 46.9 Å². The monoisotopic (exact) mass is 338 g/mol. The van der Waals surface area contributed by atoms with Crippen molar-refractivity contribution < 1.29 is 9.53 Å². The molecule has 19 heavy (non-hydrogen) atoms. The molecule has 0 radical (unpaired) electrons. The summed E-state index contributed by atoms with van der Waals surface area (Å²) in [6.45, 7) is 1.92. The first-order valence-electron chi connectivity index (χ1n) is 5.74. The number of aryl methyl sites for hydroxylation is 1. The fraction of sp³-hybridized carbons (Fsp3) is 0.133. The Morgan fingerprint density at radius 3 is 2.79 bits per heavy atom. The van der Waals surface area contributed by atoms with Crippen LogP contribution >= 0.6 is 27.5 Å². The predicted octanol–water partition coefficient (Wildman–Crippen LogP) is 4.67. The van der Waals surface area contributed by atoms with E-state index in [0.717, 1.165) is 10.0 Å². The number of Topliss-reactive ketones (excluding diaryl/α,β-unsaturated/α-hetero) is 1. The molecule has 98 valence electrons. The molecule has 0 atom stereocenters. The highest BCUT2D eigenvalue weighted by atomic mass is 79.9. The van der Waals surface area contributed by atoms with Gasteiger partial charge in [0.2, 0.25) is 0 Å². The molecule has 0 fully saturated rings. The molecule has 0 saturated heterocycles. The maximum absolute atomic E-state index is 12.0. The van der Waals surface area contributed by atoms with Crippen molar-refractivity contribution in [3.8, 4) is 5.75 Å². The molecule has 0 amide bonds. The van der Waals surface area contributed by atoms with Crippen molar-refractivity contribution in [2.24, 2.45) is 0 Å². The summed E-state index contributed by atoms with van der Waals surface area (Å²) in [5.74, 6) is 0.428. The van der Waals surface area contributed by atoms with Gasteiger partial charge in [-0.05, 0) is 31.2 Å². The number of ether oxygens (including phenoxy) is 1. The molecule has 0 aliphatic carbocycles. The van der Waals surface area contributed by atoms with Gasteiger partial charge in [0.25, 0.3) is 0 Å². The van der Waals surface area contributed by atoms with E-state index in [0.29, 0.717) is 16.3 Å². The molecule has 0 N–H and O–H groups in total. The second-order valence-electron chi connectivity index (χ2n) is 4.16. The highest BCUT2D eigenvalue weighted by Crippen LogP contribution is 2.27. The second kappa shape index (κ2) is 6.22. The van der Waals surface area contributed by atoms with E-state index in [2.05, 4.69) is 15.9 Å². The van der Waals surface area contributed by atoms with Crippen LogP contribution in [0.3, 0.4) is 0 Å². The lowest BCUT2D eigenvalue weighted by Crippen LogP contribution is -2.11. The molecular formula is C15H12BrClO2. The minimum absolute atomic E-state index is 0.0281. The smallest absolute Gasteiger partial charge is 0.200 e. The summed E-state index contributed by atoms with van der Waals surface area (Å²) < 4.78 is 6.32. The summed E-state index contributed by atoms with van der Waals surface area (Å²) in [6.07, 6.45) is 0.